The van der Waals surface area contributed by atoms with Crippen LogP contribution in [0.25, 0.3) is 0 Å². The Hall–Kier alpha value is -1.26. The van der Waals surface area contributed by atoms with Gasteiger partial charge in [-0.25, -0.2) is 4.79 Å². The van der Waals surface area contributed by atoms with E-state index in [1.807, 2.05) is 18.2 Å². The number of carboxylic acids is 1. The van der Waals surface area contributed by atoms with Gasteiger partial charge in [0.1, 0.15) is 0 Å². The van der Waals surface area contributed by atoms with Gasteiger partial charge in [0.2, 0.25) is 0 Å². The smallest absolute Gasteiger partial charge is 0.337 e. The molecule has 0 radical (unpaired) electrons. The van der Waals surface area contributed by atoms with Crippen molar-refractivity contribution in [3.8, 4) is 0 Å². The van der Waals surface area contributed by atoms with Gasteiger partial charge in [-0.3, -0.25) is 0 Å². The zero-order valence-electron chi connectivity index (χ0n) is 8.73. The molecule has 2 rings (SSSR count). The lowest BCUT2D eigenvalue weighted by atomic mass is 10.2. The van der Waals surface area contributed by atoms with Crippen molar-refractivity contribution < 1.29 is 9.90 Å². The lowest BCUT2D eigenvalue weighted by Crippen LogP contribution is -1.98. The SMILES string of the molecule is O=C(O)c1ccn(Cc2ccc(Br)cc2Cl)c1. The highest BCUT2D eigenvalue weighted by atomic mass is 79.9. The van der Waals surface area contributed by atoms with Crippen LogP contribution in [-0.4, -0.2) is 15.6 Å². The molecule has 1 N–H and O–H groups in total. The van der Waals surface area contributed by atoms with Crippen LogP contribution in [0.3, 0.4) is 0 Å². The van der Waals surface area contributed by atoms with Crippen molar-refractivity contribution in [1.29, 1.82) is 0 Å². The molecule has 0 saturated heterocycles. The van der Waals surface area contributed by atoms with Gasteiger partial charge in [-0.1, -0.05) is 33.6 Å². The molecule has 2 aromatic rings. The Bertz CT molecular complexity index is 565. The number of benzene rings is 1. The Morgan fingerprint density at radius 3 is 2.76 bits per heavy atom. The molecule has 0 spiro atoms. The molecule has 3 nitrogen and oxygen atoms in total. The molecule has 0 amide bonds. The van der Waals surface area contributed by atoms with Gasteiger partial charge in [-0.05, 0) is 23.8 Å². The first-order valence-corrected chi connectivity index (χ1v) is 6.06. The second kappa shape index (κ2) is 4.94. The molecule has 1 heterocycles. The van der Waals surface area contributed by atoms with Crippen molar-refractivity contribution in [1.82, 2.24) is 4.57 Å². The number of rotatable bonds is 3. The summed E-state index contributed by atoms with van der Waals surface area (Å²) in [6, 6.07) is 7.20. The minimum absolute atomic E-state index is 0.276. The maximum Gasteiger partial charge on any atom is 0.337 e. The van der Waals surface area contributed by atoms with Crippen molar-refractivity contribution in [2.45, 2.75) is 6.54 Å². The second-order valence-corrected chi connectivity index (χ2v) is 4.94. The van der Waals surface area contributed by atoms with Crippen molar-refractivity contribution in [2.24, 2.45) is 0 Å². The van der Waals surface area contributed by atoms with E-state index in [1.165, 1.54) is 0 Å². The lowest BCUT2D eigenvalue weighted by Gasteiger charge is -2.05. The van der Waals surface area contributed by atoms with E-state index in [4.69, 9.17) is 16.7 Å². The van der Waals surface area contributed by atoms with E-state index in [1.54, 1.807) is 23.0 Å². The molecule has 1 aromatic carbocycles. The molecular weight excluding hydrogens is 305 g/mol. The maximum atomic E-state index is 10.7. The van der Waals surface area contributed by atoms with Gasteiger partial charge in [0.25, 0.3) is 0 Å². The Kier molecular flexibility index (Phi) is 3.54. The van der Waals surface area contributed by atoms with Gasteiger partial charge in [-0.2, -0.15) is 0 Å². The molecule has 88 valence electrons. The zero-order valence-corrected chi connectivity index (χ0v) is 11.1. The maximum absolute atomic E-state index is 10.7. The molecule has 0 fully saturated rings. The van der Waals surface area contributed by atoms with E-state index in [-0.39, 0.29) is 5.56 Å². The second-order valence-electron chi connectivity index (χ2n) is 3.61. The average Bonchev–Trinajstić information content (AvgIpc) is 2.71. The first-order valence-electron chi connectivity index (χ1n) is 4.89. The van der Waals surface area contributed by atoms with Crippen LogP contribution in [0.4, 0.5) is 0 Å². The molecule has 0 bridgehead atoms. The number of hydrogen-bond acceptors (Lipinski definition) is 1. The van der Waals surface area contributed by atoms with E-state index in [9.17, 15) is 4.79 Å². The Morgan fingerprint density at radius 1 is 1.41 bits per heavy atom. The van der Waals surface area contributed by atoms with Crippen molar-refractivity contribution >= 4 is 33.5 Å². The summed E-state index contributed by atoms with van der Waals surface area (Å²) < 4.78 is 2.71. The van der Waals surface area contributed by atoms with Crippen LogP contribution >= 0.6 is 27.5 Å². The highest BCUT2D eigenvalue weighted by Crippen LogP contribution is 2.22. The Labute approximate surface area is 112 Å². The van der Waals surface area contributed by atoms with Crippen molar-refractivity contribution in [2.75, 3.05) is 0 Å². The molecule has 1 aromatic heterocycles. The number of aromatic carboxylic acids is 1. The van der Waals surface area contributed by atoms with Gasteiger partial charge in [0.05, 0.1) is 5.56 Å². The van der Waals surface area contributed by atoms with Gasteiger partial charge < -0.3 is 9.67 Å². The third-order valence-corrected chi connectivity index (χ3v) is 3.21. The van der Waals surface area contributed by atoms with Crippen LogP contribution in [0.15, 0.2) is 41.1 Å². The van der Waals surface area contributed by atoms with E-state index in [2.05, 4.69) is 15.9 Å². The summed E-state index contributed by atoms with van der Waals surface area (Å²) in [6.45, 7) is 0.555. The highest BCUT2D eigenvalue weighted by molar-refractivity contribution is 9.10. The number of aromatic nitrogens is 1. The minimum Gasteiger partial charge on any atom is -0.478 e. The monoisotopic (exact) mass is 313 g/mol. The topological polar surface area (TPSA) is 42.2 Å². The van der Waals surface area contributed by atoms with Gasteiger partial charge >= 0.3 is 5.97 Å². The largest absolute Gasteiger partial charge is 0.478 e. The molecule has 0 atom stereocenters. The van der Waals surface area contributed by atoms with Gasteiger partial charge in [0.15, 0.2) is 0 Å². The zero-order chi connectivity index (χ0) is 12.4. The minimum atomic E-state index is -0.925. The first kappa shape index (κ1) is 12.2. The predicted molar refractivity (Wildman–Crippen MR) is 69.6 cm³/mol. The lowest BCUT2D eigenvalue weighted by molar-refractivity contribution is 0.0697. The molecule has 0 saturated carbocycles. The molecule has 0 aliphatic heterocycles. The van der Waals surface area contributed by atoms with Crippen LogP contribution in [0.2, 0.25) is 5.02 Å². The van der Waals surface area contributed by atoms with E-state index < -0.39 is 5.97 Å². The average molecular weight is 315 g/mol. The Balaban J connectivity index is 2.22. The van der Waals surface area contributed by atoms with Gasteiger partial charge in [0, 0.05) is 28.4 Å². The van der Waals surface area contributed by atoms with Crippen LogP contribution in [0.5, 0.6) is 0 Å². The summed E-state index contributed by atoms with van der Waals surface area (Å²) in [7, 11) is 0. The fourth-order valence-corrected chi connectivity index (χ4v) is 2.25. The van der Waals surface area contributed by atoms with Crippen LogP contribution < -0.4 is 0 Å². The number of halogens is 2. The fourth-order valence-electron chi connectivity index (χ4n) is 1.51. The van der Waals surface area contributed by atoms with Crippen LogP contribution in [0, 0.1) is 0 Å². The third kappa shape index (κ3) is 2.90. The summed E-state index contributed by atoms with van der Waals surface area (Å²) in [5.41, 5.74) is 1.22. The highest BCUT2D eigenvalue weighted by Gasteiger charge is 2.06. The van der Waals surface area contributed by atoms with Gasteiger partial charge in [-0.15, -0.1) is 0 Å². The molecular formula is C12H9BrClNO2. The standard InChI is InChI=1S/C12H9BrClNO2/c13-10-2-1-8(11(14)5-10)6-15-4-3-9(7-15)12(16)17/h1-5,7H,6H2,(H,16,17). The molecule has 0 aliphatic rings. The molecule has 5 heteroatoms. The summed E-state index contributed by atoms with van der Waals surface area (Å²) in [4.78, 5) is 10.7. The van der Waals surface area contributed by atoms with Crippen LogP contribution in [0.1, 0.15) is 15.9 Å². The molecule has 17 heavy (non-hydrogen) atoms. The summed E-state index contributed by atoms with van der Waals surface area (Å²) >= 11 is 9.43. The normalized spacial score (nSPS) is 10.5. The van der Waals surface area contributed by atoms with E-state index in [0.29, 0.717) is 11.6 Å². The summed E-state index contributed by atoms with van der Waals surface area (Å²) in [5, 5.41) is 9.47. The number of nitrogens with zero attached hydrogens (tertiary/aromatic N) is 1. The fraction of sp³-hybridized carbons (Fsp3) is 0.0833. The summed E-state index contributed by atoms with van der Waals surface area (Å²) in [5.74, 6) is -0.925. The number of carbonyl (C=O) groups is 1. The van der Waals surface area contributed by atoms with Crippen LogP contribution in [-0.2, 0) is 6.54 Å². The van der Waals surface area contributed by atoms with Crippen molar-refractivity contribution in [3.05, 3.63) is 57.3 Å². The summed E-state index contributed by atoms with van der Waals surface area (Å²) in [6.07, 6.45) is 3.31. The predicted octanol–water partition coefficient (Wildman–Crippen LogP) is 3.65. The van der Waals surface area contributed by atoms with E-state index >= 15 is 0 Å². The molecule has 0 aliphatic carbocycles. The Morgan fingerprint density at radius 2 is 2.18 bits per heavy atom. The quantitative estimate of drug-likeness (QED) is 0.939. The van der Waals surface area contributed by atoms with Crippen molar-refractivity contribution in [3.63, 3.8) is 0 Å². The van der Waals surface area contributed by atoms with E-state index in [0.717, 1.165) is 10.0 Å². The molecule has 0 unspecified atom stereocenters. The number of carboxylic acid groups (broad SMARTS) is 1. The first-order chi connectivity index (χ1) is 8.06. The third-order valence-electron chi connectivity index (χ3n) is 2.37. The number of hydrogen-bond donors (Lipinski definition) is 1.